The van der Waals surface area contributed by atoms with E-state index >= 15 is 0 Å². The lowest BCUT2D eigenvalue weighted by atomic mass is 10.2. The minimum absolute atomic E-state index is 0.0671. The molecular weight excluding hydrogens is 332 g/mol. The molecular formula is C13H16BrClN2O2. The quantitative estimate of drug-likeness (QED) is 0.831. The van der Waals surface area contributed by atoms with E-state index < -0.39 is 0 Å². The molecule has 2 amide bonds. The molecule has 0 aromatic heterocycles. The lowest BCUT2D eigenvalue weighted by Crippen LogP contribution is -2.31. The second kappa shape index (κ2) is 8.17. The average molecular weight is 348 g/mol. The monoisotopic (exact) mass is 346 g/mol. The van der Waals surface area contributed by atoms with E-state index in [1.54, 1.807) is 18.2 Å². The number of hydrogen-bond donors (Lipinski definition) is 2. The Labute approximate surface area is 126 Å². The van der Waals surface area contributed by atoms with Crippen molar-refractivity contribution in [2.24, 2.45) is 0 Å². The fourth-order valence-electron chi connectivity index (χ4n) is 1.42. The van der Waals surface area contributed by atoms with Crippen LogP contribution in [0.1, 0.15) is 30.1 Å². The van der Waals surface area contributed by atoms with E-state index in [4.69, 9.17) is 11.6 Å². The number of halogens is 2. The summed E-state index contributed by atoms with van der Waals surface area (Å²) in [5.74, 6) is -0.350. The minimum Gasteiger partial charge on any atom is -0.356 e. The number of carbonyl (C=O) groups is 2. The highest BCUT2D eigenvalue weighted by atomic mass is 79.9. The summed E-state index contributed by atoms with van der Waals surface area (Å²) >= 11 is 9.27. The number of hydrogen-bond acceptors (Lipinski definition) is 2. The highest BCUT2D eigenvalue weighted by Gasteiger charge is 2.12. The van der Waals surface area contributed by atoms with Gasteiger partial charge in [0, 0.05) is 24.0 Å². The zero-order chi connectivity index (χ0) is 14.3. The van der Waals surface area contributed by atoms with Gasteiger partial charge in [0.25, 0.3) is 5.91 Å². The molecule has 0 atom stereocenters. The van der Waals surface area contributed by atoms with E-state index in [0.717, 1.165) is 6.42 Å². The summed E-state index contributed by atoms with van der Waals surface area (Å²) in [6, 6.07) is 5.13. The van der Waals surface area contributed by atoms with Crippen LogP contribution in [-0.4, -0.2) is 24.9 Å². The first kappa shape index (κ1) is 16.0. The Balaban J connectivity index is 2.43. The molecule has 0 heterocycles. The second-order valence-electron chi connectivity index (χ2n) is 3.96. The van der Waals surface area contributed by atoms with Crippen LogP contribution in [0.5, 0.6) is 0 Å². The molecule has 1 aromatic carbocycles. The van der Waals surface area contributed by atoms with Gasteiger partial charge in [-0.1, -0.05) is 24.6 Å². The van der Waals surface area contributed by atoms with Gasteiger partial charge in [-0.05, 0) is 34.5 Å². The minimum atomic E-state index is -0.283. The van der Waals surface area contributed by atoms with Crippen LogP contribution >= 0.6 is 27.5 Å². The van der Waals surface area contributed by atoms with Crippen LogP contribution in [0.2, 0.25) is 5.02 Å². The first-order valence-electron chi connectivity index (χ1n) is 6.05. The highest BCUT2D eigenvalue weighted by molar-refractivity contribution is 9.10. The predicted octanol–water partition coefficient (Wildman–Crippen LogP) is 2.75. The standard InChI is InChI=1S/C13H16BrClN2O2/c1-2-7-16-11(18)6-8-17-13(19)9-4-3-5-10(14)12(9)15/h3-5H,2,6-8H2,1H3,(H,16,18)(H,17,19). The predicted molar refractivity (Wildman–Crippen MR) is 79.4 cm³/mol. The molecule has 0 saturated carbocycles. The topological polar surface area (TPSA) is 58.2 Å². The molecule has 4 nitrogen and oxygen atoms in total. The van der Waals surface area contributed by atoms with E-state index in [1.165, 1.54) is 0 Å². The summed E-state index contributed by atoms with van der Waals surface area (Å²) in [5.41, 5.74) is 0.394. The molecule has 19 heavy (non-hydrogen) atoms. The maximum Gasteiger partial charge on any atom is 0.252 e. The molecule has 1 aromatic rings. The summed E-state index contributed by atoms with van der Waals surface area (Å²) in [7, 11) is 0. The van der Waals surface area contributed by atoms with Gasteiger partial charge in [0.05, 0.1) is 10.6 Å². The lowest BCUT2D eigenvalue weighted by molar-refractivity contribution is -0.120. The van der Waals surface area contributed by atoms with Crippen molar-refractivity contribution in [2.75, 3.05) is 13.1 Å². The van der Waals surface area contributed by atoms with Crippen molar-refractivity contribution in [3.63, 3.8) is 0 Å². The number of rotatable bonds is 6. The molecule has 0 fully saturated rings. The lowest BCUT2D eigenvalue weighted by Gasteiger charge is -2.08. The average Bonchev–Trinajstić information content (AvgIpc) is 2.39. The SMILES string of the molecule is CCCNC(=O)CCNC(=O)c1cccc(Br)c1Cl. The molecule has 0 saturated heterocycles. The van der Waals surface area contributed by atoms with Gasteiger partial charge in [-0.25, -0.2) is 0 Å². The molecule has 1 rings (SSSR count). The Hall–Kier alpha value is -1.07. The summed E-state index contributed by atoms with van der Waals surface area (Å²) < 4.78 is 0.669. The summed E-state index contributed by atoms with van der Waals surface area (Å²) in [4.78, 5) is 23.2. The van der Waals surface area contributed by atoms with Crippen LogP contribution in [-0.2, 0) is 4.79 Å². The second-order valence-corrected chi connectivity index (χ2v) is 5.19. The van der Waals surface area contributed by atoms with Crippen LogP contribution in [0, 0.1) is 0 Å². The molecule has 104 valence electrons. The maximum atomic E-state index is 11.9. The molecule has 0 aliphatic rings. The van der Waals surface area contributed by atoms with Gasteiger partial charge in [0.2, 0.25) is 5.91 Å². The Kier molecular flexibility index (Phi) is 6.87. The zero-order valence-electron chi connectivity index (χ0n) is 10.6. The Morgan fingerprint density at radius 1 is 1.26 bits per heavy atom. The van der Waals surface area contributed by atoms with Crippen LogP contribution < -0.4 is 10.6 Å². The number of benzene rings is 1. The molecule has 0 spiro atoms. The molecule has 6 heteroatoms. The third-order valence-electron chi connectivity index (χ3n) is 2.41. The van der Waals surface area contributed by atoms with E-state index in [2.05, 4.69) is 26.6 Å². The Morgan fingerprint density at radius 2 is 2.00 bits per heavy atom. The van der Waals surface area contributed by atoms with Gasteiger partial charge in [-0.15, -0.1) is 0 Å². The largest absolute Gasteiger partial charge is 0.356 e. The molecule has 0 radical (unpaired) electrons. The molecule has 2 N–H and O–H groups in total. The zero-order valence-corrected chi connectivity index (χ0v) is 13.0. The van der Waals surface area contributed by atoms with E-state index in [1.807, 2.05) is 6.92 Å². The van der Waals surface area contributed by atoms with Crippen LogP contribution in [0.4, 0.5) is 0 Å². The van der Waals surface area contributed by atoms with Crippen molar-refractivity contribution in [1.29, 1.82) is 0 Å². The van der Waals surface area contributed by atoms with Crippen LogP contribution in [0.15, 0.2) is 22.7 Å². The van der Waals surface area contributed by atoms with Gasteiger partial charge in [-0.2, -0.15) is 0 Å². The highest BCUT2D eigenvalue weighted by Crippen LogP contribution is 2.25. The molecule has 0 unspecified atom stereocenters. The van der Waals surface area contributed by atoms with Gasteiger partial charge in [0.15, 0.2) is 0 Å². The molecule has 0 aliphatic carbocycles. The van der Waals surface area contributed by atoms with Crippen molar-refractivity contribution in [3.05, 3.63) is 33.3 Å². The first-order valence-corrected chi connectivity index (χ1v) is 7.22. The van der Waals surface area contributed by atoms with Crippen molar-refractivity contribution in [3.8, 4) is 0 Å². The Bertz CT molecular complexity index is 466. The normalized spacial score (nSPS) is 10.1. The summed E-state index contributed by atoms with van der Waals surface area (Å²) in [5, 5.41) is 5.78. The van der Waals surface area contributed by atoms with Crippen LogP contribution in [0.25, 0.3) is 0 Å². The maximum absolute atomic E-state index is 11.9. The van der Waals surface area contributed by atoms with Gasteiger partial charge >= 0.3 is 0 Å². The number of carbonyl (C=O) groups excluding carboxylic acids is 2. The smallest absolute Gasteiger partial charge is 0.252 e. The first-order chi connectivity index (χ1) is 9.06. The van der Waals surface area contributed by atoms with E-state index in [0.29, 0.717) is 21.6 Å². The van der Waals surface area contributed by atoms with Crippen molar-refractivity contribution in [2.45, 2.75) is 19.8 Å². The fourth-order valence-corrected chi connectivity index (χ4v) is 1.99. The fraction of sp³-hybridized carbons (Fsp3) is 0.385. The van der Waals surface area contributed by atoms with E-state index in [9.17, 15) is 9.59 Å². The van der Waals surface area contributed by atoms with Gasteiger partial charge in [-0.3, -0.25) is 9.59 Å². The van der Waals surface area contributed by atoms with Gasteiger partial charge in [0.1, 0.15) is 0 Å². The Morgan fingerprint density at radius 3 is 2.68 bits per heavy atom. The van der Waals surface area contributed by atoms with Crippen LogP contribution in [0.3, 0.4) is 0 Å². The molecule has 0 aliphatic heterocycles. The number of nitrogens with one attached hydrogen (secondary N) is 2. The van der Waals surface area contributed by atoms with E-state index in [-0.39, 0.29) is 24.8 Å². The number of amides is 2. The summed E-state index contributed by atoms with van der Waals surface area (Å²) in [6.07, 6.45) is 1.16. The summed E-state index contributed by atoms with van der Waals surface area (Å²) in [6.45, 7) is 2.93. The van der Waals surface area contributed by atoms with Gasteiger partial charge < -0.3 is 10.6 Å². The van der Waals surface area contributed by atoms with Crippen molar-refractivity contribution in [1.82, 2.24) is 10.6 Å². The van der Waals surface area contributed by atoms with Crippen molar-refractivity contribution >= 4 is 39.3 Å². The third kappa shape index (κ3) is 5.20. The van der Waals surface area contributed by atoms with Crippen molar-refractivity contribution < 1.29 is 9.59 Å². The molecule has 0 bridgehead atoms. The third-order valence-corrected chi connectivity index (χ3v) is 3.70.